The summed E-state index contributed by atoms with van der Waals surface area (Å²) in [5.41, 5.74) is 0.504. The van der Waals surface area contributed by atoms with Crippen molar-refractivity contribution in [3.8, 4) is 11.3 Å². The molecular weight excluding hydrogens is 314 g/mol. The standard InChI is InChI=1S/C15H19FN2O.2ClH/c1-17-9-4-10-18-11-12-7-8-15(19-12)13-5-2-3-6-14(13)16;;/h2-3,5-8,17-18H,4,9-11H2,1H3;2*1H. The highest BCUT2D eigenvalue weighted by Gasteiger charge is 2.08. The Hall–Kier alpha value is -1.07. The molecule has 0 aliphatic carbocycles. The second kappa shape index (κ2) is 10.6. The van der Waals surface area contributed by atoms with Crippen molar-refractivity contribution in [2.24, 2.45) is 0 Å². The van der Waals surface area contributed by atoms with Crippen molar-refractivity contribution >= 4 is 24.8 Å². The first-order valence-electron chi connectivity index (χ1n) is 6.50. The van der Waals surface area contributed by atoms with Crippen LogP contribution in [0.3, 0.4) is 0 Å². The Kier molecular flexibility index (Phi) is 10.1. The predicted octanol–water partition coefficient (Wildman–Crippen LogP) is 3.63. The van der Waals surface area contributed by atoms with Crippen molar-refractivity contribution < 1.29 is 8.81 Å². The molecule has 2 rings (SSSR count). The first-order valence-corrected chi connectivity index (χ1v) is 6.50. The van der Waals surface area contributed by atoms with E-state index in [1.54, 1.807) is 18.2 Å². The summed E-state index contributed by atoms with van der Waals surface area (Å²) in [5, 5.41) is 6.38. The van der Waals surface area contributed by atoms with Gasteiger partial charge < -0.3 is 15.1 Å². The Morgan fingerprint density at radius 1 is 1.05 bits per heavy atom. The summed E-state index contributed by atoms with van der Waals surface area (Å²) in [6.45, 7) is 2.58. The number of rotatable bonds is 7. The SMILES string of the molecule is CNCCCNCc1ccc(-c2ccccc2F)o1.Cl.Cl. The van der Waals surface area contributed by atoms with Crippen LogP contribution in [0.2, 0.25) is 0 Å². The molecule has 0 aliphatic heterocycles. The minimum absolute atomic E-state index is 0. The second-order valence-corrected chi connectivity index (χ2v) is 4.38. The lowest BCUT2D eigenvalue weighted by Gasteiger charge is -2.02. The highest BCUT2D eigenvalue weighted by molar-refractivity contribution is 5.85. The maximum atomic E-state index is 13.6. The maximum absolute atomic E-state index is 13.6. The molecule has 0 unspecified atom stereocenters. The quantitative estimate of drug-likeness (QED) is 0.759. The Balaban J connectivity index is 0.00000200. The third-order valence-electron chi connectivity index (χ3n) is 2.88. The third kappa shape index (κ3) is 6.06. The molecule has 2 aromatic rings. The molecule has 0 amide bonds. The lowest BCUT2D eigenvalue weighted by atomic mass is 10.1. The van der Waals surface area contributed by atoms with Crippen LogP contribution in [0.1, 0.15) is 12.2 Å². The van der Waals surface area contributed by atoms with Crippen LogP contribution in [0.4, 0.5) is 4.39 Å². The van der Waals surface area contributed by atoms with E-state index in [4.69, 9.17) is 4.42 Å². The molecule has 1 aromatic heterocycles. The molecule has 0 atom stereocenters. The van der Waals surface area contributed by atoms with Crippen molar-refractivity contribution in [1.29, 1.82) is 0 Å². The highest BCUT2D eigenvalue weighted by Crippen LogP contribution is 2.24. The normalized spacial score (nSPS) is 9.81. The number of halogens is 3. The molecule has 0 aliphatic rings. The summed E-state index contributed by atoms with van der Waals surface area (Å²) in [4.78, 5) is 0. The summed E-state index contributed by atoms with van der Waals surface area (Å²) in [5.74, 6) is 1.14. The Labute approximate surface area is 137 Å². The van der Waals surface area contributed by atoms with Crippen LogP contribution < -0.4 is 10.6 Å². The van der Waals surface area contributed by atoms with E-state index in [9.17, 15) is 4.39 Å². The van der Waals surface area contributed by atoms with Gasteiger partial charge in [-0.05, 0) is 50.8 Å². The first-order chi connectivity index (χ1) is 9.31. The van der Waals surface area contributed by atoms with Crippen molar-refractivity contribution in [3.63, 3.8) is 0 Å². The van der Waals surface area contributed by atoms with Crippen molar-refractivity contribution in [2.45, 2.75) is 13.0 Å². The van der Waals surface area contributed by atoms with E-state index in [1.807, 2.05) is 19.2 Å². The molecule has 6 heteroatoms. The van der Waals surface area contributed by atoms with E-state index in [2.05, 4.69) is 10.6 Å². The van der Waals surface area contributed by atoms with Crippen LogP contribution in [0.25, 0.3) is 11.3 Å². The Bertz CT molecular complexity index is 520. The maximum Gasteiger partial charge on any atom is 0.137 e. The summed E-state index contributed by atoms with van der Waals surface area (Å²) in [6, 6.07) is 10.3. The monoisotopic (exact) mass is 334 g/mol. The van der Waals surface area contributed by atoms with E-state index in [0.717, 1.165) is 25.3 Å². The van der Waals surface area contributed by atoms with Gasteiger partial charge in [-0.25, -0.2) is 4.39 Å². The van der Waals surface area contributed by atoms with Gasteiger partial charge in [0, 0.05) is 0 Å². The number of hydrogen-bond acceptors (Lipinski definition) is 3. The van der Waals surface area contributed by atoms with Crippen molar-refractivity contribution in [1.82, 2.24) is 10.6 Å². The molecule has 0 saturated heterocycles. The van der Waals surface area contributed by atoms with Crippen LogP contribution in [0.15, 0.2) is 40.8 Å². The van der Waals surface area contributed by atoms with Gasteiger partial charge in [0.25, 0.3) is 0 Å². The molecule has 0 fully saturated rings. The molecule has 1 aromatic carbocycles. The predicted molar refractivity (Wildman–Crippen MR) is 88.8 cm³/mol. The van der Waals surface area contributed by atoms with Gasteiger partial charge >= 0.3 is 0 Å². The fourth-order valence-electron chi connectivity index (χ4n) is 1.88. The van der Waals surface area contributed by atoms with Gasteiger partial charge in [0.15, 0.2) is 0 Å². The van der Waals surface area contributed by atoms with Gasteiger partial charge in [0.05, 0.1) is 12.1 Å². The van der Waals surface area contributed by atoms with Gasteiger partial charge in [0.2, 0.25) is 0 Å². The Morgan fingerprint density at radius 2 is 1.81 bits per heavy atom. The molecule has 1 heterocycles. The van der Waals surface area contributed by atoms with E-state index in [-0.39, 0.29) is 30.6 Å². The van der Waals surface area contributed by atoms with Gasteiger partial charge in [-0.1, -0.05) is 12.1 Å². The second-order valence-electron chi connectivity index (χ2n) is 4.38. The number of furan rings is 1. The lowest BCUT2D eigenvalue weighted by molar-refractivity contribution is 0.487. The Morgan fingerprint density at radius 3 is 2.52 bits per heavy atom. The largest absolute Gasteiger partial charge is 0.460 e. The van der Waals surface area contributed by atoms with Crippen LogP contribution >= 0.6 is 24.8 Å². The highest BCUT2D eigenvalue weighted by atomic mass is 35.5. The number of nitrogens with one attached hydrogen (secondary N) is 2. The van der Waals surface area contributed by atoms with Crippen LogP contribution in [0, 0.1) is 5.82 Å². The minimum atomic E-state index is -0.259. The smallest absolute Gasteiger partial charge is 0.137 e. The zero-order chi connectivity index (χ0) is 13.5. The van der Waals surface area contributed by atoms with Crippen molar-refractivity contribution in [3.05, 3.63) is 48.0 Å². The molecule has 0 radical (unpaired) electrons. The van der Waals surface area contributed by atoms with E-state index < -0.39 is 0 Å². The molecule has 0 bridgehead atoms. The number of hydrogen-bond donors (Lipinski definition) is 2. The van der Waals surface area contributed by atoms with Crippen LogP contribution in [0.5, 0.6) is 0 Å². The average Bonchev–Trinajstić information content (AvgIpc) is 2.88. The fourth-order valence-corrected chi connectivity index (χ4v) is 1.88. The van der Waals surface area contributed by atoms with Crippen molar-refractivity contribution in [2.75, 3.05) is 20.1 Å². The summed E-state index contributed by atoms with van der Waals surface area (Å²) < 4.78 is 19.2. The van der Waals surface area contributed by atoms with E-state index in [0.29, 0.717) is 17.9 Å². The van der Waals surface area contributed by atoms with E-state index in [1.165, 1.54) is 6.07 Å². The minimum Gasteiger partial charge on any atom is -0.460 e. The van der Waals surface area contributed by atoms with Crippen LogP contribution in [-0.2, 0) is 6.54 Å². The lowest BCUT2D eigenvalue weighted by Crippen LogP contribution is -2.19. The van der Waals surface area contributed by atoms with Gasteiger partial charge in [-0.2, -0.15) is 0 Å². The molecule has 0 spiro atoms. The molecule has 21 heavy (non-hydrogen) atoms. The number of benzene rings is 1. The van der Waals surface area contributed by atoms with Gasteiger partial charge in [0.1, 0.15) is 17.3 Å². The zero-order valence-electron chi connectivity index (χ0n) is 11.9. The zero-order valence-corrected chi connectivity index (χ0v) is 13.5. The topological polar surface area (TPSA) is 37.2 Å². The summed E-state index contributed by atoms with van der Waals surface area (Å²) in [7, 11) is 1.94. The summed E-state index contributed by atoms with van der Waals surface area (Å²) >= 11 is 0. The molecular formula is C15H21Cl2FN2O. The summed E-state index contributed by atoms with van der Waals surface area (Å²) in [6.07, 6.45) is 1.07. The van der Waals surface area contributed by atoms with Crippen LogP contribution in [-0.4, -0.2) is 20.1 Å². The first kappa shape index (κ1) is 19.9. The third-order valence-corrected chi connectivity index (χ3v) is 2.88. The average molecular weight is 335 g/mol. The van der Waals surface area contributed by atoms with E-state index >= 15 is 0 Å². The van der Waals surface area contributed by atoms with Gasteiger partial charge in [-0.3, -0.25) is 0 Å². The molecule has 0 saturated carbocycles. The van der Waals surface area contributed by atoms with Gasteiger partial charge in [-0.15, -0.1) is 24.8 Å². The molecule has 3 nitrogen and oxygen atoms in total. The fraction of sp³-hybridized carbons (Fsp3) is 0.333. The molecule has 118 valence electrons. The molecule has 2 N–H and O–H groups in total.